The molecule has 2 aliphatic heterocycles. The number of rotatable bonds is 4. The van der Waals surface area contributed by atoms with Gasteiger partial charge in [-0.1, -0.05) is 0 Å². The first kappa shape index (κ1) is 15.6. The fourth-order valence-corrected chi connectivity index (χ4v) is 5.53. The van der Waals surface area contributed by atoms with Crippen LogP contribution >= 0.6 is 0 Å². The van der Waals surface area contributed by atoms with Gasteiger partial charge in [-0.15, -0.1) is 0 Å². The van der Waals surface area contributed by atoms with Crippen LogP contribution < -0.4 is 14.2 Å². The molecule has 2 aliphatic rings. The lowest BCUT2D eigenvalue weighted by Gasteiger charge is -2.19. The van der Waals surface area contributed by atoms with Crippen LogP contribution in [0.2, 0.25) is 0 Å². The highest BCUT2D eigenvalue weighted by Gasteiger charge is 2.29. The summed E-state index contributed by atoms with van der Waals surface area (Å²) in [7, 11) is -6.71. The minimum absolute atomic E-state index is 0.0384. The molecular formula is C13H17NO6S2. The van der Waals surface area contributed by atoms with E-state index in [2.05, 4.69) is 4.72 Å². The van der Waals surface area contributed by atoms with E-state index in [1.165, 1.54) is 12.1 Å². The first-order valence-electron chi connectivity index (χ1n) is 6.95. The SMILES string of the molecule is O=S1(=O)CC[C@H](CNS(=O)(=O)c2ccc3c(c2)OCCO3)C1. The molecule has 1 aromatic rings. The molecule has 1 atom stereocenters. The molecule has 0 aliphatic carbocycles. The Morgan fingerprint density at radius 3 is 2.59 bits per heavy atom. The van der Waals surface area contributed by atoms with Crippen molar-refractivity contribution in [3.63, 3.8) is 0 Å². The van der Waals surface area contributed by atoms with Crippen LogP contribution in [0.1, 0.15) is 6.42 Å². The van der Waals surface area contributed by atoms with Crippen LogP contribution in [0, 0.1) is 5.92 Å². The molecule has 3 rings (SSSR count). The van der Waals surface area contributed by atoms with Gasteiger partial charge >= 0.3 is 0 Å². The molecule has 2 heterocycles. The minimum atomic E-state index is -3.70. The highest BCUT2D eigenvalue weighted by Crippen LogP contribution is 2.32. The van der Waals surface area contributed by atoms with E-state index < -0.39 is 19.9 Å². The first-order valence-corrected chi connectivity index (χ1v) is 10.3. The molecule has 0 unspecified atom stereocenters. The summed E-state index contributed by atoms with van der Waals surface area (Å²) in [5, 5.41) is 0. The number of hydrogen-bond acceptors (Lipinski definition) is 6. The molecule has 1 fully saturated rings. The van der Waals surface area contributed by atoms with Gasteiger partial charge < -0.3 is 9.47 Å². The van der Waals surface area contributed by atoms with Gasteiger partial charge in [0.2, 0.25) is 10.0 Å². The number of benzene rings is 1. The van der Waals surface area contributed by atoms with Crippen LogP contribution in [-0.4, -0.2) is 48.1 Å². The van der Waals surface area contributed by atoms with E-state index in [9.17, 15) is 16.8 Å². The van der Waals surface area contributed by atoms with E-state index >= 15 is 0 Å². The summed E-state index contributed by atoms with van der Waals surface area (Å²) in [6.45, 7) is 0.938. The second-order valence-corrected chi connectivity index (χ2v) is 9.42. The van der Waals surface area contributed by atoms with Gasteiger partial charge in [-0.25, -0.2) is 21.6 Å². The molecule has 1 N–H and O–H groups in total. The molecule has 0 aromatic heterocycles. The molecule has 9 heteroatoms. The third kappa shape index (κ3) is 3.36. The third-order valence-corrected chi connectivity index (χ3v) is 6.97. The highest BCUT2D eigenvalue weighted by molar-refractivity contribution is 7.91. The summed E-state index contributed by atoms with van der Waals surface area (Å²) in [6, 6.07) is 4.42. The quantitative estimate of drug-likeness (QED) is 0.834. The average molecular weight is 347 g/mol. The Kier molecular flexibility index (Phi) is 4.04. The van der Waals surface area contributed by atoms with Gasteiger partial charge in [-0.2, -0.15) is 0 Å². The number of ether oxygens (including phenoxy) is 2. The summed E-state index contributed by atoms with van der Waals surface area (Å²) in [5.74, 6) is 0.918. The lowest BCUT2D eigenvalue weighted by atomic mass is 10.1. The zero-order chi connectivity index (χ0) is 15.8. The van der Waals surface area contributed by atoms with E-state index in [0.717, 1.165) is 0 Å². The number of hydrogen-bond donors (Lipinski definition) is 1. The van der Waals surface area contributed by atoms with Crippen molar-refractivity contribution in [2.24, 2.45) is 5.92 Å². The van der Waals surface area contributed by atoms with Gasteiger partial charge in [0.25, 0.3) is 0 Å². The maximum Gasteiger partial charge on any atom is 0.240 e. The van der Waals surface area contributed by atoms with Crippen molar-refractivity contribution in [3.05, 3.63) is 18.2 Å². The Labute approximate surface area is 129 Å². The minimum Gasteiger partial charge on any atom is -0.486 e. The van der Waals surface area contributed by atoms with Crippen LogP contribution in [-0.2, 0) is 19.9 Å². The Morgan fingerprint density at radius 1 is 1.18 bits per heavy atom. The van der Waals surface area contributed by atoms with Crippen molar-refractivity contribution >= 4 is 19.9 Å². The predicted octanol–water partition coefficient (Wildman–Crippen LogP) is 0.171. The van der Waals surface area contributed by atoms with E-state index in [0.29, 0.717) is 31.1 Å². The van der Waals surface area contributed by atoms with Crippen LogP contribution in [0.15, 0.2) is 23.1 Å². The van der Waals surface area contributed by atoms with E-state index in [1.54, 1.807) is 6.07 Å². The van der Waals surface area contributed by atoms with Crippen molar-refractivity contribution in [2.45, 2.75) is 11.3 Å². The lowest BCUT2D eigenvalue weighted by molar-refractivity contribution is 0.171. The summed E-state index contributed by atoms with van der Waals surface area (Å²) in [5.41, 5.74) is 0. The highest BCUT2D eigenvalue weighted by atomic mass is 32.2. The largest absolute Gasteiger partial charge is 0.486 e. The molecule has 1 saturated heterocycles. The van der Waals surface area contributed by atoms with Crippen molar-refractivity contribution in [3.8, 4) is 11.5 Å². The Morgan fingerprint density at radius 2 is 1.91 bits per heavy atom. The molecule has 1 aromatic carbocycles. The van der Waals surface area contributed by atoms with Gasteiger partial charge in [0, 0.05) is 12.6 Å². The van der Waals surface area contributed by atoms with Gasteiger partial charge in [0.05, 0.1) is 16.4 Å². The van der Waals surface area contributed by atoms with Crippen molar-refractivity contribution in [1.82, 2.24) is 4.72 Å². The zero-order valence-corrected chi connectivity index (χ0v) is 13.5. The number of sulfonamides is 1. The van der Waals surface area contributed by atoms with Gasteiger partial charge in [-0.3, -0.25) is 0 Å². The maximum absolute atomic E-state index is 12.3. The topological polar surface area (TPSA) is 98.8 Å². The van der Waals surface area contributed by atoms with Gasteiger partial charge in [-0.05, 0) is 24.5 Å². The molecule has 0 radical (unpaired) electrons. The number of nitrogens with one attached hydrogen (secondary N) is 1. The summed E-state index contributed by atoms with van der Waals surface area (Å²) in [6.07, 6.45) is 0.492. The monoisotopic (exact) mass is 347 g/mol. The van der Waals surface area contributed by atoms with Crippen molar-refractivity contribution < 1.29 is 26.3 Å². The molecule has 122 valence electrons. The lowest BCUT2D eigenvalue weighted by Crippen LogP contribution is -2.30. The van der Waals surface area contributed by atoms with Gasteiger partial charge in [0.15, 0.2) is 21.3 Å². The van der Waals surface area contributed by atoms with Crippen molar-refractivity contribution in [2.75, 3.05) is 31.3 Å². The van der Waals surface area contributed by atoms with E-state index in [-0.39, 0.29) is 28.9 Å². The smallest absolute Gasteiger partial charge is 0.240 e. The van der Waals surface area contributed by atoms with Crippen LogP contribution in [0.4, 0.5) is 0 Å². The third-order valence-electron chi connectivity index (χ3n) is 3.71. The molecule has 7 nitrogen and oxygen atoms in total. The zero-order valence-electron chi connectivity index (χ0n) is 11.8. The second-order valence-electron chi connectivity index (χ2n) is 5.43. The Bertz CT molecular complexity index is 772. The average Bonchev–Trinajstić information content (AvgIpc) is 2.84. The summed E-state index contributed by atoms with van der Waals surface area (Å²) < 4.78 is 60.5. The van der Waals surface area contributed by atoms with Crippen LogP contribution in [0.3, 0.4) is 0 Å². The molecule has 0 saturated carbocycles. The molecule has 22 heavy (non-hydrogen) atoms. The van der Waals surface area contributed by atoms with E-state index in [1.807, 2.05) is 0 Å². The molecule has 0 amide bonds. The van der Waals surface area contributed by atoms with Crippen molar-refractivity contribution in [1.29, 1.82) is 0 Å². The summed E-state index contributed by atoms with van der Waals surface area (Å²) >= 11 is 0. The Balaban J connectivity index is 1.70. The Hall–Kier alpha value is -1.32. The predicted molar refractivity (Wildman–Crippen MR) is 79.4 cm³/mol. The normalized spacial score (nSPS) is 23.4. The fourth-order valence-electron chi connectivity index (χ4n) is 2.53. The molecule has 0 spiro atoms. The fraction of sp³-hybridized carbons (Fsp3) is 0.538. The van der Waals surface area contributed by atoms with Gasteiger partial charge in [0.1, 0.15) is 13.2 Å². The number of fused-ring (bicyclic) bond motifs is 1. The standard InChI is InChI=1S/C13H17NO6S2/c15-21(16)6-3-10(9-21)8-14-22(17,18)11-1-2-12-13(7-11)20-5-4-19-12/h1-2,7,10,14H,3-6,8-9H2/t10-/m1/s1. The second kappa shape index (κ2) is 5.71. The molecule has 0 bridgehead atoms. The maximum atomic E-state index is 12.3. The van der Waals surface area contributed by atoms with Crippen LogP contribution in [0.5, 0.6) is 11.5 Å². The van der Waals surface area contributed by atoms with Crippen LogP contribution in [0.25, 0.3) is 0 Å². The summed E-state index contributed by atoms with van der Waals surface area (Å²) in [4.78, 5) is 0.0811. The number of sulfone groups is 1. The molecular weight excluding hydrogens is 330 g/mol. The first-order chi connectivity index (χ1) is 10.4. The van der Waals surface area contributed by atoms with E-state index in [4.69, 9.17) is 9.47 Å².